The van der Waals surface area contributed by atoms with Crippen molar-refractivity contribution in [1.29, 1.82) is 0 Å². The monoisotopic (exact) mass is 108 g/mol. The van der Waals surface area contributed by atoms with E-state index in [2.05, 4.69) is 5.10 Å². The minimum absolute atomic E-state index is 0.782. The van der Waals surface area contributed by atoms with Gasteiger partial charge in [0.2, 0.25) is 12.1 Å². The third kappa shape index (κ3) is 0.307. The molecule has 0 radical (unpaired) electrons. The van der Waals surface area contributed by atoms with E-state index in [0.29, 0.717) is 0 Å². The zero-order chi connectivity index (χ0) is 5.40. The first-order valence-electron chi connectivity index (χ1n) is 2.34. The molecule has 0 aliphatic carbocycles. The zero-order valence-electron chi connectivity index (χ0n) is 4.11. The van der Waals surface area contributed by atoms with Gasteiger partial charge >= 0.3 is 0 Å². The van der Waals surface area contributed by atoms with Crippen LogP contribution in [0.1, 0.15) is 0 Å². The molecular formula is C5H4N2O. The molecule has 0 aromatic carbocycles. The van der Waals surface area contributed by atoms with E-state index in [1.165, 1.54) is 6.39 Å². The van der Waals surface area contributed by atoms with Crippen LogP contribution in [0.4, 0.5) is 0 Å². The molecule has 2 heterocycles. The molecule has 2 aromatic heterocycles. The Labute approximate surface area is 45.5 Å². The zero-order valence-corrected chi connectivity index (χ0v) is 4.11. The van der Waals surface area contributed by atoms with Crippen LogP contribution in [0.15, 0.2) is 29.1 Å². The van der Waals surface area contributed by atoms with Crippen LogP contribution >= 0.6 is 0 Å². The van der Waals surface area contributed by atoms with E-state index >= 15 is 0 Å². The van der Waals surface area contributed by atoms with E-state index in [-0.39, 0.29) is 0 Å². The van der Waals surface area contributed by atoms with Gasteiger partial charge in [0.1, 0.15) is 0 Å². The van der Waals surface area contributed by atoms with Crippen molar-refractivity contribution in [3.05, 3.63) is 24.7 Å². The Morgan fingerprint density at radius 3 is 3.50 bits per heavy atom. The molecule has 8 heavy (non-hydrogen) atoms. The smallest absolute Gasteiger partial charge is 0.221 e. The highest BCUT2D eigenvalue weighted by atomic mass is 16.4. The molecule has 0 unspecified atom stereocenters. The Hall–Kier alpha value is -1.25. The molecule has 0 aliphatic rings. The third-order valence-corrected chi connectivity index (χ3v) is 1.04. The number of hydrogen-bond acceptors (Lipinski definition) is 2. The fourth-order valence-electron chi connectivity index (χ4n) is 0.674. The van der Waals surface area contributed by atoms with Crippen molar-refractivity contribution in [2.24, 2.45) is 0 Å². The van der Waals surface area contributed by atoms with Crippen molar-refractivity contribution >= 4 is 5.71 Å². The average Bonchev–Trinajstić information content (AvgIpc) is 2.15. The maximum atomic E-state index is 4.91. The minimum Gasteiger partial charge on any atom is -0.426 e. The second-order valence-electron chi connectivity index (χ2n) is 1.53. The van der Waals surface area contributed by atoms with Crippen molar-refractivity contribution in [2.75, 3.05) is 0 Å². The second-order valence-corrected chi connectivity index (χ2v) is 1.53. The molecule has 0 aliphatic heterocycles. The molecule has 2 rings (SSSR count). The molecule has 2 aromatic rings. The molecular weight excluding hydrogens is 104 g/mol. The Morgan fingerprint density at radius 1 is 1.62 bits per heavy atom. The lowest BCUT2D eigenvalue weighted by atomic mass is 10.7. The predicted octanol–water partition coefficient (Wildman–Crippen LogP) is 0.927. The van der Waals surface area contributed by atoms with Crippen molar-refractivity contribution in [2.45, 2.75) is 0 Å². The van der Waals surface area contributed by atoms with Crippen LogP contribution in [-0.4, -0.2) is 9.61 Å². The van der Waals surface area contributed by atoms with Gasteiger partial charge in [-0.05, 0) is 6.07 Å². The summed E-state index contributed by atoms with van der Waals surface area (Å²) in [7, 11) is 0. The van der Waals surface area contributed by atoms with Crippen molar-refractivity contribution in [3.8, 4) is 0 Å². The lowest BCUT2D eigenvalue weighted by Crippen LogP contribution is -1.74. The molecule has 0 bridgehead atoms. The molecule has 0 spiro atoms. The molecule has 0 saturated carbocycles. The number of nitrogens with zero attached hydrogens (tertiary/aromatic N) is 2. The Bertz CT molecular complexity index is 232. The van der Waals surface area contributed by atoms with Gasteiger partial charge in [0, 0.05) is 12.3 Å². The summed E-state index contributed by atoms with van der Waals surface area (Å²) in [5, 5.41) is 3.83. The summed E-state index contributed by atoms with van der Waals surface area (Å²) in [6.45, 7) is 0. The average molecular weight is 108 g/mol. The van der Waals surface area contributed by atoms with E-state index in [0.717, 1.165) is 5.71 Å². The first-order chi connectivity index (χ1) is 3.97. The van der Waals surface area contributed by atoms with E-state index in [1.54, 1.807) is 4.52 Å². The Morgan fingerprint density at radius 2 is 2.62 bits per heavy atom. The van der Waals surface area contributed by atoms with Crippen molar-refractivity contribution < 1.29 is 4.42 Å². The first kappa shape index (κ1) is 3.72. The van der Waals surface area contributed by atoms with Gasteiger partial charge in [-0.15, -0.1) is 5.10 Å². The van der Waals surface area contributed by atoms with Crippen LogP contribution < -0.4 is 0 Å². The number of hydrogen-bond donors (Lipinski definition) is 0. The highest BCUT2D eigenvalue weighted by Gasteiger charge is 1.89. The van der Waals surface area contributed by atoms with Crippen molar-refractivity contribution in [1.82, 2.24) is 9.61 Å². The number of rotatable bonds is 0. The molecule has 0 atom stereocenters. The van der Waals surface area contributed by atoms with Crippen LogP contribution in [0.5, 0.6) is 0 Å². The quantitative estimate of drug-likeness (QED) is 0.502. The maximum Gasteiger partial charge on any atom is 0.221 e. The summed E-state index contributed by atoms with van der Waals surface area (Å²) in [5.74, 6) is 0. The number of aromatic nitrogens is 2. The third-order valence-electron chi connectivity index (χ3n) is 1.04. The molecule has 3 heteroatoms. The van der Waals surface area contributed by atoms with E-state index in [1.807, 2.05) is 18.3 Å². The van der Waals surface area contributed by atoms with Gasteiger partial charge in [-0.2, -0.15) is 0 Å². The molecule has 40 valence electrons. The standard InChI is InChI=1S/C5H4N2O/c1-2-5-7(3-1)6-4-8-5/h1-4H. The van der Waals surface area contributed by atoms with Gasteiger partial charge in [-0.25, -0.2) is 4.52 Å². The van der Waals surface area contributed by atoms with E-state index in [9.17, 15) is 0 Å². The fourth-order valence-corrected chi connectivity index (χ4v) is 0.674. The van der Waals surface area contributed by atoms with Crippen LogP contribution in [0.25, 0.3) is 5.71 Å². The van der Waals surface area contributed by atoms with Crippen molar-refractivity contribution in [3.63, 3.8) is 0 Å². The predicted molar refractivity (Wildman–Crippen MR) is 27.5 cm³/mol. The first-order valence-corrected chi connectivity index (χ1v) is 2.34. The summed E-state index contributed by atoms with van der Waals surface area (Å²) in [5.41, 5.74) is 0.782. The second kappa shape index (κ2) is 1.12. The Balaban J connectivity index is 3.06. The molecule has 3 nitrogen and oxygen atoms in total. The highest BCUT2D eigenvalue weighted by Crippen LogP contribution is 1.99. The van der Waals surface area contributed by atoms with Gasteiger partial charge < -0.3 is 4.42 Å². The summed E-state index contributed by atoms with van der Waals surface area (Å²) in [6, 6.07) is 3.73. The van der Waals surface area contributed by atoms with E-state index in [4.69, 9.17) is 4.42 Å². The van der Waals surface area contributed by atoms with Gasteiger partial charge in [0.15, 0.2) is 0 Å². The molecule has 0 saturated heterocycles. The summed E-state index contributed by atoms with van der Waals surface area (Å²) in [4.78, 5) is 0. The summed E-state index contributed by atoms with van der Waals surface area (Å²) >= 11 is 0. The van der Waals surface area contributed by atoms with Crippen LogP contribution in [0.2, 0.25) is 0 Å². The topological polar surface area (TPSA) is 30.4 Å². The summed E-state index contributed by atoms with van der Waals surface area (Å²) in [6.07, 6.45) is 3.24. The SMILES string of the molecule is c1cc2ocnn2c1. The van der Waals surface area contributed by atoms with Crippen LogP contribution in [0.3, 0.4) is 0 Å². The Kier molecular flexibility index (Phi) is 0.521. The molecule has 0 amide bonds. The van der Waals surface area contributed by atoms with Gasteiger partial charge in [-0.1, -0.05) is 0 Å². The maximum absolute atomic E-state index is 4.91. The fraction of sp³-hybridized carbons (Fsp3) is 0. The van der Waals surface area contributed by atoms with Gasteiger partial charge in [0.25, 0.3) is 0 Å². The van der Waals surface area contributed by atoms with Crippen LogP contribution in [-0.2, 0) is 0 Å². The minimum atomic E-state index is 0.782. The van der Waals surface area contributed by atoms with E-state index < -0.39 is 0 Å². The van der Waals surface area contributed by atoms with Gasteiger partial charge in [-0.3, -0.25) is 0 Å². The summed E-state index contributed by atoms with van der Waals surface area (Å²) < 4.78 is 6.58. The van der Waals surface area contributed by atoms with Gasteiger partial charge in [0.05, 0.1) is 0 Å². The van der Waals surface area contributed by atoms with Crippen LogP contribution in [0, 0.1) is 0 Å². The highest BCUT2D eigenvalue weighted by molar-refractivity contribution is 5.31. The molecule has 0 fully saturated rings. The lowest BCUT2D eigenvalue weighted by molar-refractivity contribution is 0.601. The largest absolute Gasteiger partial charge is 0.426 e. The number of fused-ring (bicyclic) bond motifs is 1. The lowest BCUT2D eigenvalue weighted by Gasteiger charge is -1.69. The normalized spacial score (nSPS) is 10.5. The molecule has 0 N–H and O–H groups in total.